The van der Waals surface area contributed by atoms with Crippen molar-refractivity contribution >= 4 is 23.2 Å². The van der Waals surface area contributed by atoms with E-state index in [0.29, 0.717) is 16.3 Å². The number of hydrogen-bond donors (Lipinski definition) is 1. The van der Waals surface area contributed by atoms with E-state index in [2.05, 4.69) is 13.8 Å². The monoisotopic (exact) mass is 194 g/mol. The van der Waals surface area contributed by atoms with E-state index in [1.54, 1.807) is 0 Å². The normalized spacial score (nSPS) is 33.2. The second kappa shape index (κ2) is 2.96. The van der Waals surface area contributed by atoms with Crippen LogP contribution in [0.15, 0.2) is 10.6 Å². The van der Waals surface area contributed by atoms with Crippen LogP contribution in [0, 0.1) is 17.3 Å². The lowest BCUT2D eigenvalue weighted by Gasteiger charge is -1.96. The van der Waals surface area contributed by atoms with Gasteiger partial charge in [0, 0.05) is 6.61 Å². The third-order valence-corrected chi connectivity index (χ3v) is 2.89. The summed E-state index contributed by atoms with van der Waals surface area (Å²) < 4.78 is 0.305. The van der Waals surface area contributed by atoms with Gasteiger partial charge in [-0.1, -0.05) is 43.1 Å². The van der Waals surface area contributed by atoms with Crippen LogP contribution in [0.2, 0.25) is 0 Å². The molecule has 2 atom stereocenters. The molecule has 1 rings (SSSR count). The number of aliphatic hydroxyl groups is 1. The molecule has 0 aromatic heterocycles. The molecule has 0 aromatic rings. The van der Waals surface area contributed by atoms with Gasteiger partial charge in [0.25, 0.3) is 0 Å². The van der Waals surface area contributed by atoms with Crippen molar-refractivity contribution in [3.05, 3.63) is 10.6 Å². The second-order valence-corrected chi connectivity index (χ2v) is 4.60. The third-order valence-electron chi connectivity index (χ3n) is 2.64. The minimum atomic E-state index is 0.170. The smallest absolute Gasteiger partial charge is 0.103 e. The summed E-state index contributed by atoms with van der Waals surface area (Å²) in [6, 6.07) is 0. The lowest BCUT2D eigenvalue weighted by molar-refractivity contribution is 0.256. The molecule has 1 saturated carbocycles. The number of aliphatic hydroxyl groups excluding tert-OH is 1. The molecule has 1 aliphatic carbocycles. The molecule has 0 unspecified atom stereocenters. The van der Waals surface area contributed by atoms with Crippen LogP contribution in [0.3, 0.4) is 0 Å². The first-order valence-electron chi connectivity index (χ1n) is 3.64. The average molecular weight is 195 g/mol. The summed E-state index contributed by atoms with van der Waals surface area (Å²) in [7, 11) is 0. The maximum absolute atomic E-state index is 8.91. The van der Waals surface area contributed by atoms with Gasteiger partial charge in [0.05, 0.1) is 0 Å². The Hall–Kier alpha value is 0.280. The Kier molecular flexibility index (Phi) is 2.53. The maximum atomic E-state index is 8.91. The van der Waals surface area contributed by atoms with Gasteiger partial charge in [-0.15, -0.1) is 0 Å². The fraction of sp³-hybridized carbons (Fsp3) is 0.750. The third kappa shape index (κ3) is 1.71. The van der Waals surface area contributed by atoms with Crippen LogP contribution in [0.4, 0.5) is 0 Å². The SMILES string of the molecule is CC1(C)[C@H](C=C(Cl)Cl)[C@H]1CO. The maximum Gasteiger partial charge on any atom is 0.103 e. The molecule has 0 aromatic carbocycles. The standard InChI is InChI=1S/C8H12Cl2O/c1-8(2)5(3-7(9)10)6(8)4-11/h3,5-6,11H,4H2,1-2H3/t5-,6-/m1/s1. The fourth-order valence-electron chi connectivity index (χ4n) is 1.60. The number of rotatable bonds is 2. The summed E-state index contributed by atoms with van der Waals surface area (Å²) in [4.78, 5) is 0. The van der Waals surface area contributed by atoms with Gasteiger partial charge in [-0.25, -0.2) is 0 Å². The topological polar surface area (TPSA) is 20.2 Å². The van der Waals surface area contributed by atoms with E-state index in [1.807, 2.05) is 6.08 Å². The molecule has 64 valence electrons. The lowest BCUT2D eigenvalue weighted by atomic mass is 10.1. The van der Waals surface area contributed by atoms with Crippen LogP contribution in [-0.4, -0.2) is 11.7 Å². The predicted molar refractivity (Wildman–Crippen MR) is 47.6 cm³/mol. The van der Waals surface area contributed by atoms with Gasteiger partial charge in [0.2, 0.25) is 0 Å². The highest BCUT2D eigenvalue weighted by molar-refractivity contribution is 6.55. The summed E-state index contributed by atoms with van der Waals surface area (Å²) in [6.07, 6.45) is 1.81. The van der Waals surface area contributed by atoms with Crippen molar-refractivity contribution in [1.82, 2.24) is 0 Å². The molecule has 1 fully saturated rings. The molecule has 0 bridgehead atoms. The summed E-state index contributed by atoms with van der Waals surface area (Å²) in [6.45, 7) is 4.42. The zero-order valence-corrected chi connectivity index (χ0v) is 8.15. The molecule has 0 radical (unpaired) electrons. The molecule has 1 aliphatic rings. The van der Waals surface area contributed by atoms with Gasteiger partial charge in [0.1, 0.15) is 4.49 Å². The van der Waals surface area contributed by atoms with Gasteiger partial charge in [-0.3, -0.25) is 0 Å². The van der Waals surface area contributed by atoms with Crippen molar-refractivity contribution in [3.8, 4) is 0 Å². The first-order valence-corrected chi connectivity index (χ1v) is 4.39. The summed E-state index contributed by atoms with van der Waals surface area (Å²) in [5, 5.41) is 8.91. The first-order chi connectivity index (χ1) is 5.00. The molecule has 0 spiro atoms. The van der Waals surface area contributed by atoms with Crippen molar-refractivity contribution < 1.29 is 5.11 Å². The molecule has 1 nitrogen and oxygen atoms in total. The Morgan fingerprint density at radius 3 is 2.36 bits per heavy atom. The Labute approximate surface area is 77.0 Å². The van der Waals surface area contributed by atoms with Gasteiger partial charge in [-0.05, 0) is 17.3 Å². The van der Waals surface area contributed by atoms with E-state index in [-0.39, 0.29) is 12.0 Å². The van der Waals surface area contributed by atoms with Crippen LogP contribution in [-0.2, 0) is 0 Å². The Morgan fingerprint density at radius 2 is 2.09 bits per heavy atom. The number of allylic oxidation sites excluding steroid dienone is 1. The molecule has 11 heavy (non-hydrogen) atoms. The fourth-order valence-corrected chi connectivity index (χ4v) is 1.87. The second-order valence-electron chi connectivity index (χ2n) is 3.59. The van der Waals surface area contributed by atoms with Gasteiger partial charge < -0.3 is 5.11 Å². The minimum Gasteiger partial charge on any atom is -0.396 e. The van der Waals surface area contributed by atoms with Crippen molar-refractivity contribution in [2.45, 2.75) is 13.8 Å². The van der Waals surface area contributed by atoms with Crippen molar-refractivity contribution in [2.24, 2.45) is 17.3 Å². The predicted octanol–water partition coefficient (Wildman–Crippen LogP) is 2.57. The van der Waals surface area contributed by atoms with Crippen LogP contribution < -0.4 is 0 Å². The molecule has 0 amide bonds. The highest BCUT2D eigenvalue weighted by atomic mass is 35.5. The van der Waals surface area contributed by atoms with E-state index in [4.69, 9.17) is 28.3 Å². The van der Waals surface area contributed by atoms with E-state index in [1.165, 1.54) is 0 Å². The first kappa shape index (κ1) is 9.37. The van der Waals surface area contributed by atoms with E-state index < -0.39 is 0 Å². The molecule has 0 heterocycles. The lowest BCUT2D eigenvalue weighted by Crippen LogP contribution is -1.93. The van der Waals surface area contributed by atoms with Gasteiger partial charge >= 0.3 is 0 Å². The van der Waals surface area contributed by atoms with Crippen molar-refractivity contribution in [1.29, 1.82) is 0 Å². The molecule has 3 heteroatoms. The minimum absolute atomic E-state index is 0.170. The molecule has 0 aliphatic heterocycles. The summed E-state index contributed by atoms with van der Waals surface area (Å²) in [5.74, 6) is 0.674. The van der Waals surface area contributed by atoms with E-state index >= 15 is 0 Å². The largest absolute Gasteiger partial charge is 0.396 e. The van der Waals surface area contributed by atoms with Crippen LogP contribution in [0.1, 0.15) is 13.8 Å². The molecular weight excluding hydrogens is 183 g/mol. The summed E-state index contributed by atoms with van der Waals surface area (Å²) >= 11 is 11.0. The van der Waals surface area contributed by atoms with Crippen molar-refractivity contribution in [2.75, 3.05) is 6.61 Å². The Morgan fingerprint density at radius 1 is 1.55 bits per heavy atom. The van der Waals surface area contributed by atoms with E-state index in [9.17, 15) is 0 Å². The Balaban J connectivity index is 2.59. The van der Waals surface area contributed by atoms with Crippen LogP contribution >= 0.6 is 23.2 Å². The van der Waals surface area contributed by atoms with Crippen LogP contribution in [0.25, 0.3) is 0 Å². The van der Waals surface area contributed by atoms with Gasteiger partial charge in [0.15, 0.2) is 0 Å². The quantitative estimate of drug-likeness (QED) is 0.717. The van der Waals surface area contributed by atoms with Gasteiger partial charge in [-0.2, -0.15) is 0 Å². The van der Waals surface area contributed by atoms with Crippen molar-refractivity contribution in [3.63, 3.8) is 0 Å². The molecular formula is C8H12Cl2O. The van der Waals surface area contributed by atoms with Crippen LogP contribution in [0.5, 0.6) is 0 Å². The number of halogens is 2. The van der Waals surface area contributed by atoms with E-state index in [0.717, 1.165) is 0 Å². The zero-order valence-electron chi connectivity index (χ0n) is 6.64. The highest BCUT2D eigenvalue weighted by Gasteiger charge is 2.55. The number of hydrogen-bond acceptors (Lipinski definition) is 1. The summed E-state index contributed by atoms with van der Waals surface area (Å²) in [5.41, 5.74) is 0.170. The average Bonchev–Trinajstić information content (AvgIpc) is 2.33. The highest BCUT2D eigenvalue weighted by Crippen LogP contribution is 2.59. The molecule has 0 saturated heterocycles. The zero-order chi connectivity index (χ0) is 8.65. The molecule has 1 N–H and O–H groups in total. The Bertz CT molecular complexity index is 183.